The molecule has 1 aromatic carbocycles. The monoisotopic (exact) mass is 307 g/mol. The van der Waals surface area contributed by atoms with Crippen molar-refractivity contribution in [2.24, 2.45) is 0 Å². The molecule has 0 aliphatic heterocycles. The molecule has 2 aromatic rings. The van der Waals surface area contributed by atoms with Crippen LogP contribution in [-0.4, -0.2) is 48.0 Å². The summed E-state index contributed by atoms with van der Waals surface area (Å²) in [5.74, 6) is 0.628. The molecule has 0 fully saturated rings. The van der Waals surface area contributed by atoms with Crippen molar-refractivity contribution in [1.82, 2.24) is 15.5 Å². The molecule has 118 valence electrons. The van der Waals surface area contributed by atoms with Crippen LogP contribution in [0.25, 0.3) is 11.4 Å². The number of nitrogens with zero attached hydrogens (tertiary/aromatic N) is 2. The molecule has 0 saturated heterocycles. The van der Waals surface area contributed by atoms with Gasteiger partial charge < -0.3 is 24.4 Å². The Morgan fingerprint density at radius 3 is 2.73 bits per heavy atom. The van der Waals surface area contributed by atoms with Crippen LogP contribution >= 0.6 is 0 Å². The van der Waals surface area contributed by atoms with Gasteiger partial charge in [-0.25, -0.2) is 0 Å². The number of ether oxygens (including phenoxy) is 2. The van der Waals surface area contributed by atoms with Gasteiger partial charge in [0.05, 0.1) is 20.3 Å². The zero-order valence-corrected chi connectivity index (χ0v) is 12.5. The Balaban J connectivity index is 2.19. The van der Waals surface area contributed by atoms with E-state index < -0.39 is 12.0 Å². The molecule has 2 rings (SSSR count). The number of methoxy groups -OCH3 is 2. The molecule has 0 bridgehead atoms. The molecule has 0 saturated carbocycles. The lowest BCUT2D eigenvalue weighted by Crippen LogP contribution is -2.30. The highest BCUT2D eigenvalue weighted by molar-refractivity contribution is 5.89. The summed E-state index contributed by atoms with van der Waals surface area (Å²) in [6.45, 7) is 1.66. The third kappa shape index (κ3) is 3.53. The van der Waals surface area contributed by atoms with E-state index in [0.717, 1.165) is 0 Å². The van der Waals surface area contributed by atoms with Gasteiger partial charge in [-0.15, -0.1) is 0 Å². The van der Waals surface area contributed by atoms with E-state index in [9.17, 15) is 4.79 Å². The molecular weight excluding hydrogens is 290 g/mol. The first-order chi connectivity index (χ1) is 10.5. The maximum atomic E-state index is 11.8. The highest BCUT2D eigenvalue weighted by atomic mass is 16.5. The number of aliphatic hydroxyl groups is 1. The molecule has 8 nitrogen and oxygen atoms in total. The second-order valence-electron chi connectivity index (χ2n) is 4.55. The number of hydrogen-bond donors (Lipinski definition) is 2. The summed E-state index contributed by atoms with van der Waals surface area (Å²) in [4.78, 5) is 15.8. The molecule has 1 heterocycles. The van der Waals surface area contributed by atoms with Crippen molar-refractivity contribution >= 4 is 5.91 Å². The SMILES string of the molecule is COc1ccc(-c2noc(C(=O)NCC(C)O)n2)cc1OC. The maximum Gasteiger partial charge on any atom is 0.316 e. The topological polar surface area (TPSA) is 107 Å². The second kappa shape index (κ2) is 6.90. The largest absolute Gasteiger partial charge is 0.493 e. The van der Waals surface area contributed by atoms with E-state index in [1.807, 2.05) is 0 Å². The molecule has 1 unspecified atom stereocenters. The van der Waals surface area contributed by atoms with Crippen molar-refractivity contribution < 1.29 is 23.9 Å². The van der Waals surface area contributed by atoms with Crippen LogP contribution in [0.1, 0.15) is 17.6 Å². The van der Waals surface area contributed by atoms with Gasteiger partial charge in [-0.2, -0.15) is 4.98 Å². The molecule has 1 aromatic heterocycles. The molecule has 0 aliphatic rings. The van der Waals surface area contributed by atoms with Crippen LogP contribution in [-0.2, 0) is 0 Å². The van der Waals surface area contributed by atoms with Gasteiger partial charge in [-0.05, 0) is 25.1 Å². The average molecular weight is 307 g/mol. The minimum atomic E-state index is -0.655. The highest BCUT2D eigenvalue weighted by Gasteiger charge is 2.17. The summed E-state index contributed by atoms with van der Waals surface area (Å²) in [5, 5.41) is 15.4. The van der Waals surface area contributed by atoms with E-state index in [2.05, 4.69) is 15.5 Å². The van der Waals surface area contributed by atoms with Crippen molar-refractivity contribution in [3.63, 3.8) is 0 Å². The van der Waals surface area contributed by atoms with E-state index >= 15 is 0 Å². The number of nitrogens with one attached hydrogen (secondary N) is 1. The van der Waals surface area contributed by atoms with E-state index in [0.29, 0.717) is 17.1 Å². The number of rotatable bonds is 6. The quantitative estimate of drug-likeness (QED) is 0.815. The minimum absolute atomic E-state index is 0.104. The predicted molar refractivity (Wildman–Crippen MR) is 76.9 cm³/mol. The first kappa shape index (κ1) is 15.8. The summed E-state index contributed by atoms with van der Waals surface area (Å²) in [5.41, 5.74) is 0.621. The molecular formula is C14H17N3O5. The Hall–Kier alpha value is -2.61. The zero-order valence-electron chi connectivity index (χ0n) is 12.5. The van der Waals surface area contributed by atoms with Gasteiger partial charge in [0, 0.05) is 12.1 Å². The molecule has 22 heavy (non-hydrogen) atoms. The molecule has 0 radical (unpaired) electrons. The van der Waals surface area contributed by atoms with Gasteiger partial charge in [0.25, 0.3) is 0 Å². The van der Waals surface area contributed by atoms with Crippen molar-refractivity contribution in [3.8, 4) is 22.9 Å². The Kier molecular flexibility index (Phi) is 4.95. The Morgan fingerprint density at radius 1 is 1.36 bits per heavy atom. The Labute approximate surface area is 127 Å². The molecule has 1 amide bonds. The van der Waals surface area contributed by atoms with Crippen LogP contribution < -0.4 is 14.8 Å². The minimum Gasteiger partial charge on any atom is -0.493 e. The fraction of sp³-hybridized carbons (Fsp3) is 0.357. The maximum absolute atomic E-state index is 11.8. The van der Waals surface area contributed by atoms with Gasteiger partial charge in [0.15, 0.2) is 11.5 Å². The number of benzene rings is 1. The standard InChI is InChI=1S/C14H17N3O5/c1-8(18)7-15-13(19)14-16-12(17-22-14)9-4-5-10(20-2)11(6-9)21-3/h4-6,8,18H,7H2,1-3H3,(H,15,19). The summed E-state index contributed by atoms with van der Waals surface area (Å²) >= 11 is 0. The van der Waals surface area contributed by atoms with Crippen LogP contribution in [0.5, 0.6) is 11.5 Å². The number of aliphatic hydroxyl groups excluding tert-OH is 1. The van der Waals surface area contributed by atoms with Crippen molar-refractivity contribution in [2.45, 2.75) is 13.0 Å². The van der Waals surface area contributed by atoms with Crippen LogP contribution in [0.15, 0.2) is 22.7 Å². The van der Waals surface area contributed by atoms with E-state index in [-0.39, 0.29) is 18.3 Å². The van der Waals surface area contributed by atoms with Crippen LogP contribution in [0.3, 0.4) is 0 Å². The van der Waals surface area contributed by atoms with Crippen LogP contribution in [0, 0.1) is 0 Å². The Bertz CT molecular complexity index is 654. The number of aromatic nitrogens is 2. The van der Waals surface area contributed by atoms with Gasteiger partial charge in [-0.1, -0.05) is 5.16 Å². The third-order valence-electron chi connectivity index (χ3n) is 2.82. The highest BCUT2D eigenvalue weighted by Crippen LogP contribution is 2.31. The first-order valence-corrected chi connectivity index (χ1v) is 6.57. The fourth-order valence-corrected chi connectivity index (χ4v) is 1.72. The molecule has 0 aliphatic carbocycles. The number of carbonyl (C=O) groups excluding carboxylic acids is 1. The lowest BCUT2D eigenvalue weighted by atomic mass is 10.2. The number of hydrogen-bond acceptors (Lipinski definition) is 7. The summed E-state index contributed by atoms with van der Waals surface area (Å²) in [7, 11) is 3.06. The lowest BCUT2D eigenvalue weighted by Gasteiger charge is -2.07. The van der Waals surface area contributed by atoms with Gasteiger partial charge in [0.2, 0.25) is 5.82 Å². The van der Waals surface area contributed by atoms with E-state index in [1.54, 1.807) is 25.1 Å². The summed E-state index contributed by atoms with van der Waals surface area (Å²) < 4.78 is 15.3. The predicted octanol–water partition coefficient (Wildman–Crippen LogP) is 0.864. The molecule has 8 heteroatoms. The molecule has 0 spiro atoms. The molecule has 2 N–H and O–H groups in total. The smallest absolute Gasteiger partial charge is 0.316 e. The lowest BCUT2D eigenvalue weighted by molar-refractivity contribution is 0.0880. The van der Waals surface area contributed by atoms with Crippen molar-refractivity contribution in [2.75, 3.05) is 20.8 Å². The fourth-order valence-electron chi connectivity index (χ4n) is 1.72. The summed E-state index contributed by atoms with van der Waals surface area (Å²) in [6, 6.07) is 5.11. The second-order valence-corrected chi connectivity index (χ2v) is 4.55. The van der Waals surface area contributed by atoms with Crippen LogP contribution in [0.4, 0.5) is 0 Å². The Morgan fingerprint density at radius 2 is 2.09 bits per heavy atom. The van der Waals surface area contributed by atoms with Gasteiger partial charge in [-0.3, -0.25) is 4.79 Å². The van der Waals surface area contributed by atoms with E-state index in [4.69, 9.17) is 19.1 Å². The van der Waals surface area contributed by atoms with E-state index in [1.165, 1.54) is 14.2 Å². The van der Waals surface area contributed by atoms with Gasteiger partial charge >= 0.3 is 11.8 Å². The van der Waals surface area contributed by atoms with Crippen molar-refractivity contribution in [3.05, 3.63) is 24.1 Å². The van der Waals surface area contributed by atoms with Crippen molar-refractivity contribution in [1.29, 1.82) is 0 Å². The normalized spacial score (nSPS) is 11.8. The number of carbonyl (C=O) groups is 1. The summed E-state index contributed by atoms with van der Waals surface area (Å²) in [6.07, 6.45) is -0.655. The first-order valence-electron chi connectivity index (χ1n) is 6.57. The molecule has 1 atom stereocenters. The number of amides is 1. The average Bonchev–Trinajstić information content (AvgIpc) is 3.01. The zero-order chi connectivity index (χ0) is 16.1. The van der Waals surface area contributed by atoms with Crippen LogP contribution in [0.2, 0.25) is 0 Å². The third-order valence-corrected chi connectivity index (χ3v) is 2.82. The van der Waals surface area contributed by atoms with Gasteiger partial charge in [0.1, 0.15) is 0 Å².